The highest BCUT2D eigenvalue weighted by molar-refractivity contribution is 5.71. The lowest BCUT2D eigenvalue weighted by Crippen LogP contribution is -2.23. The molecule has 0 aliphatic heterocycles. The Labute approximate surface area is 79.5 Å². The smallest absolute Gasteiger partial charge is 0.320 e. The quantitative estimate of drug-likeness (QED) is 0.461. The van der Waals surface area contributed by atoms with Crippen LogP contribution in [0, 0.1) is 0 Å². The molecule has 0 aromatic heterocycles. The predicted molar refractivity (Wildman–Crippen MR) is 50.4 cm³/mol. The van der Waals surface area contributed by atoms with Crippen molar-refractivity contribution in [2.75, 3.05) is 33.9 Å². The number of aliphatic hydroxyl groups excluding tert-OH is 1. The topological polar surface area (TPSA) is 49.8 Å². The van der Waals surface area contributed by atoms with Crippen LogP contribution in [-0.4, -0.2) is 49.8 Å². The summed E-state index contributed by atoms with van der Waals surface area (Å²) in [5.74, 6) is -0.186. The summed E-state index contributed by atoms with van der Waals surface area (Å²) < 4.78 is 4.94. The molecule has 0 aliphatic carbocycles. The fraction of sp³-hybridized carbons (Fsp3) is 0.889. The molecule has 0 aromatic rings. The highest BCUT2D eigenvalue weighted by atomic mass is 16.5. The molecule has 0 radical (unpaired) electrons. The first-order valence-electron chi connectivity index (χ1n) is 4.58. The van der Waals surface area contributed by atoms with Crippen molar-refractivity contribution in [3.05, 3.63) is 0 Å². The van der Waals surface area contributed by atoms with E-state index >= 15 is 0 Å². The second-order valence-electron chi connectivity index (χ2n) is 3.24. The largest absolute Gasteiger partial charge is 0.465 e. The summed E-state index contributed by atoms with van der Waals surface area (Å²) in [6, 6.07) is 0. The van der Waals surface area contributed by atoms with Crippen LogP contribution >= 0.6 is 0 Å². The van der Waals surface area contributed by atoms with Crippen LogP contribution in [0.3, 0.4) is 0 Å². The number of unbranched alkanes of at least 4 members (excludes halogenated alkanes) is 2. The van der Waals surface area contributed by atoms with Gasteiger partial charge in [-0.05, 0) is 33.4 Å². The third kappa shape index (κ3) is 9.30. The molecule has 0 rings (SSSR count). The van der Waals surface area contributed by atoms with Gasteiger partial charge in [-0.3, -0.25) is 9.69 Å². The zero-order valence-electron chi connectivity index (χ0n) is 8.45. The Hall–Kier alpha value is -0.610. The van der Waals surface area contributed by atoms with E-state index in [1.54, 1.807) is 4.90 Å². The zero-order chi connectivity index (χ0) is 10.1. The summed E-state index contributed by atoms with van der Waals surface area (Å²) in [5.41, 5.74) is 0. The second kappa shape index (κ2) is 8.01. The molecule has 0 aliphatic rings. The first kappa shape index (κ1) is 12.4. The summed E-state index contributed by atoms with van der Waals surface area (Å²) in [6.07, 6.45) is 2.52. The molecule has 0 saturated carbocycles. The van der Waals surface area contributed by atoms with E-state index < -0.39 is 0 Å². The highest BCUT2D eigenvalue weighted by Crippen LogP contribution is 1.95. The van der Waals surface area contributed by atoms with Gasteiger partial charge in [-0.25, -0.2) is 0 Å². The molecule has 0 saturated heterocycles. The van der Waals surface area contributed by atoms with Gasteiger partial charge >= 0.3 is 5.97 Å². The Morgan fingerprint density at radius 1 is 1.31 bits per heavy atom. The number of likely N-dealkylation sites (N-methyl/N-ethyl adjacent to an activating group) is 1. The molecule has 0 unspecified atom stereocenters. The van der Waals surface area contributed by atoms with Crippen molar-refractivity contribution < 1.29 is 14.6 Å². The third-order valence-electron chi connectivity index (χ3n) is 1.51. The molecule has 0 aromatic carbocycles. The Morgan fingerprint density at radius 3 is 2.54 bits per heavy atom. The second-order valence-corrected chi connectivity index (χ2v) is 3.24. The fourth-order valence-electron chi connectivity index (χ4n) is 0.880. The summed E-state index contributed by atoms with van der Waals surface area (Å²) in [4.78, 5) is 12.7. The van der Waals surface area contributed by atoms with Crippen molar-refractivity contribution in [1.29, 1.82) is 0 Å². The summed E-state index contributed by atoms with van der Waals surface area (Å²) in [5, 5.41) is 8.48. The van der Waals surface area contributed by atoms with Crippen LogP contribution in [0.2, 0.25) is 0 Å². The van der Waals surface area contributed by atoms with Crippen LogP contribution in [0.4, 0.5) is 0 Å². The standard InChI is InChI=1S/C9H19NO3/c1-10(2)8-9(12)13-7-5-3-4-6-11/h11H,3-8H2,1-2H3. The number of hydrogen-bond donors (Lipinski definition) is 1. The number of hydrogen-bond acceptors (Lipinski definition) is 4. The lowest BCUT2D eigenvalue weighted by atomic mass is 10.2. The van der Waals surface area contributed by atoms with E-state index in [2.05, 4.69) is 0 Å². The first-order chi connectivity index (χ1) is 6.16. The van der Waals surface area contributed by atoms with Crippen LogP contribution < -0.4 is 0 Å². The molecular formula is C9H19NO3. The first-order valence-corrected chi connectivity index (χ1v) is 4.58. The molecule has 0 bridgehead atoms. The van der Waals surface area contributed by atoms with Crippen molar-refractivity contribution in [2.45, 2.75) is 19.3 Å². The Kier molecular flexibility index (Phi) is 7.63. The molecule has 1 N–H and O–H groups in total. The average Bonchev–Trinajstić information content (AvgIpc) is 2.02. The molecular weight excluding hydrogens is 170 g/mol. The van der Waals surface area contributed by atoms with E-state index in [-0.39, 0.29) is 12.6 Å². The van der Waals surface area contributed by atoms with E-state index in [4.69, 9.17) is 9.84 Å². The normalized spacial score (nSPS) is 10.5. The number of nitrogens with zero attached hydrogens (tertiary/aromatic N) is 1. The molecule has 0 heterocycles. The van der Waals surface area contributed by atoms with Crippen LogP contribution in [0.1, 0.15) is 19.3 Å². The maximum Gasteiger partial charge on any atom is 0.320 e. The minimum Gasteiger partial charge on any atom is -0.465 e. The lowest BCUT2D eigenvalue weighted by molar-refractivity contribution is -0.144. The van der Waals surface area contributed by atoms with E-state index in [0.717, 1.165) is 19.3 Å². The average molecular weight is 189 g/mol. The van der Waals surface area contributed by atoms with Crippen LogP contribution in [0.25, 0.3) is 0 Å². The summed E-state index contributed by atoms with van der Waals surface area (Å²) in [6.45, 7) is 1.01. The molecule has 78 valence electrons. The lowest BCUT2D eigenvalue weighted by Gasteiger charge is -2.08. The van der Waals surface area contributed by atoms with Gasteiger partial charge in [0.2, 0.25) is 0 Å². The number of ether oxygens (including phenoxy) is 1. The molecule has 0 spiro atoms. The van der Waals surface area contributed by atoms with Gasteiger partial charge in [0.05, 0.1) is 13.2 Å². The van der Waals surface area contributed by atoms with Gasteiger partial charge in [-0.1, -0.05) is 0 Å². The number of aliphatic hydroxyl groups is 1. The maximum absolute atomic E-state index is 11.0. The molecule has 4 nitrogen and oxygen atoms in total. The molecule has 4 heteroatoms. The minimum absolute atomic E-state index is 0.186. The molecule has 0 atom stereocenters. The van der Waals surface area contributed by atoms with Crippen molar-refractivity contribution in [2.24, 2.45) is 0 Å². The summed E-state index contributed by atoms with van der Waals surface area (Å²) in [7, 11) is 3.65. The predicted octanol–water partition coefficient (Wildman–Crippen LogP) is 0.254. The van der Waals surface area contributed by atoms with Gasteiger partial charge in [0.15, 0.2) is 0 Å². The van der Waals surface area contributed by atoms with Crippen molar-refractivity contribution >= 4 is 5.97 Å². The van der Waals surface area contributed by atoms with Gasteiger partial charge in [-0.2, -0.15) is 0 Å². The molecule has 0 fully saturated rings. The zero-order valence-corrected chi connectivity index (χ0v) is 8.45. The summed E-state index contributed by atoms with van der Waals surface area (Å²) >= 11 is 0. The molecule has 0 amide bonds. The van der Waals surface area contributed by atoms with E-state index in [0.29, 0.717) is 13.2 Å². The SMILES string of the molecule is CN(C)CC(=O)OCCCCCO. The number of esters is 1. The van der Waals surface area contributed by atoms with Crippen LogP contribution in [0.15, 0.2) is 0 Å². The third-order valence-corrected chi connectivity index (χ3v) is 1.51. The fourth-order valence-corrected chi connectivity index (χ4v) is 0.880. The number of carbonyl (C=O) groups is 1. The maximum atomic E-state index is 11.0. The van der Waals surface area contributed by atoms with Gasteiger partial charge in [0.1, 0.15) is 0 Å². The molecule has 13 heavy (non-hydrogen) atoms. The van der Waals surface area contributed by atoms with Gasteiger partial charge < -0.3 is 9.84 Å². The van der Waals surface area contributed by atoms with Gasteiger partial charge in [0, 0.05) is 6.61 Å². The van der Waals surface area contributed by atoms with Crippen LogP contribution in [0.5, 0.6) is 0 Å². The van der Waals surface area contributed by atoms with E-state index in [1.807, 2.05) is 14.1 Å². The monoisotopic (exact) mass is 189 g/mol. The van der Waals surface area contributed by atoms with Crippen LogP contribution in [-0.2, 0) is 9.53 Å². The van der Waals surface area contributed by atoms with Crippen molar-refractivity contribution in [3.63, 3.8) is 0 Å². The number of rotatable bonds is 7. The van der Waals surface area contributed by atoms with Gasteiger partial charge in [-0.15, -0.1) is 0 Å². The Balaban J connectivity index is 3.17. The highest BCUT2D eigenvalue weighted by Gasteiger charge is 2.02. The Morgan fingerprint density at radius 2 is 2.00 bits per heavy atom. The minimum atomic E-state index is -0.186. The van der Waals surface area contributed by atoms with Crippen molar-refractivity contribution in [3.8, 4) is 0 Å². The van der Waals surface area contributed by atoms with E-state index in [9.17, 15) is 4.79 Å². The Bertz CT molecular complexity index is 137. The van der Waals surface area contributed by atoms with Crippen molar-refractivity contribution in [1.82, 2.24) is 4.90 Å². The van der Waals surface area contributed by atoms with E-state index in [1.165, 1.54) is 0 Å². The number of carbonyl (C=O) groups excluding carboxylic acids is 1. The van der Waals surface area contributed by atoms with Gasteiger partial charge in [0.25, 0.3) is 0 Å².